The molecule has 4 aliphatic rings. The lowest BCUT2D eigenvalue weighted by Crippen LogP contribution is -2.42. The second kappa shape index (κ2) is 10.7. The summed E-state index contributed by atoms with van der Waals surface area (Å²) in [5, 5.41) is 12.8. The predicted octanol–water partition coefficient (Wildman–Crippen LogP) is 3.71. The van der Waals surface area contributed by atoms with E-state index < -0.39 is 17.8 Å². The highest BCUT2D eigenvalue weighted by molar-refractivity contribution is 8.00. The molecule has 1 saturated heterocycles. The number of aromatic amines is 1. The van der Waals surface area contributed by atoms with Gasteiger partial charge in [-0.05, 0) is 66.5 Å². The minimum atomic E-state index is -1.05. The van der Waals surface area contributed by atoms with Gasteiger partial charge in [-0.1, -0.05) is 35.6 Å². The summed E-state index contributed by atoms with van der Waals surface area (Å²) in [4.78, 5) is 68.1. The Morgan fingerprint density at radius 3 is 2.60 bits per heavy atom. The Labute approximate surface area is 254 Å². The molecule has 2 bridgehead atoms. The number of nitrogens with zero attached hydrogens (tertiary/aromatic N) is 1. The minimum absolute atomic E-state index is 0.00578. The molecule has 1 aromatic heterocycles. The Bertz CT molecular complexity index is 1720. The van der Waals surface area contributed by atoms with Crippen molar-refractivity contribution in [2.24, 2.45) is 29.6 Å². The third kappa shape index (κ3) is 4.76. The molecule has 12 heteroatoms. The lowest BCUT2D eigenvalue weighted by molar-refractivity contribution is -0.142. The van der Waals surface area contributed by atoms with E-state index in [1.165, 1.54) is 11.3 Å². The standard InChI is InChI=1S/C31H29N3O7S2/c1-14-4-2-6-16(10-14)32-20(35)13-41-17-7-3-5-15(11-17)22-23-18-12-19(26(23)42-28-27(22)43-31(40)33-28)25-24(18)29(38)34(30(25)39)9-8-21(36)37/h2-7,10-11,18-19,22-26H,8-9,12-13H2,1H3,(H,32,35)(H,33,40)(H,36,37)/t18?,19?,22-,23?,24?,25?,26?/m1/s1. The van der Waals surface area contributed by atoms with E-state index in [1.807, 2.05) is 49.4 Å². The van der Waals surface area contributed by atoms with Gasteiger partial charge in [0.15, 0.2) is 6.61 Å². The number of carboxylic acid groups (broad SMARTS) is 1. The molecule has 7 atom stereocenters. The van der Waals surface area contributed by atoms with Crippen LogP contribution in [0.25, 0.3) is 0 Å². The van der Waals surface area contributed by atoms with Crippen LogP contribution in [0.3, 0.4) is 0 Å². The normalized spacial score (nSPS) is 28.4. The molecule has 3 N–H and O–H groups in total. The highest BCUT2D eigenvalue weighted by Crippen LogP contribution is 2.68. The summed E-state index contributed by atoms with van der Waals surface area (Å²) in [5.74, 6) is -2.57. The molecule has 2 aliphatic carbocycles. The Morgan fingerprint density at radius 1 is 1.07 bits per heavy atom. The van der Waals surface area contributed by atoms with E-state index in [4.69, 9.17) is 9.84 Å². The number of aromatic nitrogens is 1. The van der Waals surface area contributed by atoms with Gasteiger partial charge in [0.1, 0.15) is 5.75 Å². The van der Waals surface area contributed by atoms with Crippen LogP contribution in [0.5, 0.6) is 5.75 Å². The lowest BCUT2D eigenvalue weighted by atomic mass is 9.68. The number of aliphatic carboxylic acids is 1. The highest BCUT2D eigenvalue weighted by Gasteiger charge is 2.69. The number of thioether (sulfide) groups is 1. The van der Waals surface area contributed by atoms with Crippen LogP contribution in [0.4, 0.5) is 5.69 Å². The fraction of sp³-hybridized carbons (Fsp3) is 0.387. The van der Waals surface area contributed by atoms with Crippen molar-refractivity contribution >= 4 is 52.5 Å². The van der Waals surface area contributed by atoms with Crippen LogP contribution >= 0.6 is 23.1 Å². The summed E-state index contributed by atoms with van der Waals surface area (Å²) < 4.78 is 5.89. The van der Waals surface area contributed by atoms with E-state index in [0.717, 1.165) is 32.4 Å². The van der Waals surface area contributed by atoms with E-state index in [-0.39, 0.29) is 71.1 Å². The van der Waals surface area contributed by atoms with Crippen molar-refractivity contribution in [2.45, 2.75) is 36.0 Å². The molecular formula is C31H29N3O7S2. The van der Waals surface area contributed by atoms with Gasteiger partial charge in [-0.15, -0.1) is 11.8 Å². The molecule has 3 aromatic rings. The van der Waals surface area contributed by atoms with Crippen LogP contribution in [0.15, 0.2) is 58.4 Å². The van der Waals surface area contributed by atoms with Gasteiger partial charge in [-0.2, -0.15) is 0 Å². The number of benzene rings is 2. The minimum Gasteiger partial charge on any atom is -0.484 e. The first-order valence-electron chi connectivity index (χ1n) is 14.3. The van der Waals surface area contributed by atoms with Gasteiger partial charge >= 0.3 is 10.8 Å². The van der Waals surface area contributed by atoms with Crippen LogP contribution in [0, 0.1) is 36.5 Å². The van der Waals surface area contributed by atoms with E-state index >= 15 is 0 Å². The zero-order valence-electron chi connectivity index (χ0n) is 23.1. The molecule has 0 radical (unpaired) electrons. The number of carbonyl (C=O) groups is 4. The summed E-state index contributed by atoms with van der Waals surface area (Å²) in [7, 11) is 0. The third-order valence-corrected chi connectivity index (χ3v) is 11.8. The van der Waals surface area contributed by atoms with Crippen molar-refractivity contribution in [3.8, 4) is 5.75 Å². The maximum absolute atomic E-state index is 13.5. The molecule has 7 rings (SSSR count). The summed E-state index contributed by atoms with van der Waals surface area (Å²) in [6, 6.07) is 15.0. The molecule has 43 heavy (non-hydrogen) atoms. The Morgan fingerprint density at radius 2 is 1.84 bits per heavy atom. The van der Waals surface area contributed by atoms with Crippen molar-refractivity contribution in [1.29, 1.82) is 0 Å². The molecular weight excluding hydrogens is 590 g/mol. The molecule has 222 valence electrons. The van der Waals surface area contributed by atoms with Gasteiger partial charge in [0.05, 0.1) is 23.3 Å². The second-order valence-corrected chi connectivity index (χ2v) is 13.9. The third-order valence-electron chi connectivity index (χ3n) is 9.25. The average molecular weight is 620 g/mol. The Hall–Kier alpha value is -3.90. The summed E-state index contributed by atoms with van der Waals surface area (Å²) in [6.07, 6.45) is 0.470. The number of H-pyrrole nitrogens is 1. The zero-order valence-corrected chi connectivity index (χ0v) is 24.8. The van der Waals surface area contributed by atoms with Gasteiger partial charge in [-0.25, -0.2) is 0 Å². The fourth-order valence-corrected chi connectivity index (χ4v) is 10.6. The van der Waals surface area contributed by atoms with Gasteiger partial charge in [0.2, 0.25) is 11.8 Å². The molecule has 3 fully saturated rings. The van der Waals surface area contributed by atoms with Crippen LogP contribution in [0.1, 0.15) is 34.8 Å². The summed E-state index contributed by atoms with van der Waals surface area (Å²) >= 11 is 2.77. The topological polar surface area (TPSA) is 146 Å². The fourth-order valence-electron chi connectivity index (χ4n) is 7.75. The number of nitrogens with one attached hydrogen (secondary N) is 2. The zero-order chi connectivity index (χ0) is 30.0. The molecule has 2 aliphatic heterocycles. The SMILES string of the molecule is Cc1cccc(NC(=O)COc2cccc([C@H]3c4sc(=O)[nH]c4SC4C5CC(C6C(=O)N(CCC(=O)O)C(=O)C56)C43)c2)c1. The smallest absolute Gasteiger partial charge is 0.305 e. The maximum atomic E-state index is 13.5. The average Bonchev–Trinajstić information content (AvgIpc) is 3.70. The molecule has 6 unspecified atom stereocenters. The van der Waals surface area contributed by atoms with Crippen molar-refractivity contribution in [3.63, 3.8) is 0 Å². The van der Waals surface area contributed by atoms with Gasteiger partial charge in [0.25, 0.3) is 5.91 Å². The maximum Gasteiger partial charge on any atom is 0.305 e. The van der Waals surface area contributed by atoms with Gasteiger partial charge in [0, 0.05) is 28.3 Å². The molecule has 2 saturated carbocycles. The Kier molecular flexibility index (Phi) is 6.93. The second-order valence-electron chi connectivity index (χ2n) is 11.7. The Balaban J connectivity index is 1.16. The molecule has 3 amide bonds. The van der Waals surface area contributed by atoms with E-state index in [2.05, 4.69) is 10.3 Å². The van der Waals surface area contributed by atoms with E-state index in [9.17, 15) is 24.0 Å². The van der Waals surface area contributed by atoms with E-state index in [0.29, 0.717) is 11.4 Å². The first kappa shape index (κ1) is 27.9. The number of thiazole rings is 1. The monoisotopic (exact) mass is 619 g/mol. The number of aryl methyl sites for hydroxylation is 1. The van der Waals surface area contributed by atoms with Crippen molar-refractivity contribution < 1.29 is 29.0 Å². The number of rotatable bonds is 8. The molecule has 2 aromatic carbocycles. The van der Waals surface area contributed by atoms with Crippen LogP contribution in [-0.2, 0) is 19.2 Å². The molecule has 0 spiro atoms. The molecule has 3 heterocycles. The number of carboxylic acids is 1. The van der Waals surface area contributed by atoms with Crippen LogP contribution in [0.2, 0.25) is 0 Å². The van der Waals surface area contributed by atoms with Crippen LogP contribution < -0.4 is 14.9 Å². The number of anilines is 1. The van der Waals surface area contributed by atoms with E-state index in [1.54, 1.807) is 17.8 Å². The quantitative estimate of drug-likeness (QED) is 0.324. The largest absolute Gasteiger partial charge is 0.484 e. The van der Waals surface area contributed by atoms with Crippen molar-refractivity contribution in [2.75, 3.05) is 18.5 Å². The first-order chi connectivity index (χ1) is 20.7. The highest BCUT2D eigenvalue weighted by atomic mass is 32.2. The number of hydrogen-bond donors (Lipinski definition) is 3. The summed E-state index contributed by atoms with van der Waals surface area (Å²) in [5.41, 5.74) is 2.65. The number of carbonyl (C=O) groups excluding carboxylic acids is 3. The van der Waals surface area contributed by atoms with Crippen molar-refractivity contribution in [1.82, 2.24) is 9.88 Å². The molecule has 10 nitrogen and oxygen atoms in total. The number of hydrogen-bond acceptors (Lipinski definition) is 8. The first-order valence-corrected chi connectivity index (χ1v) is 15.9. The predicted molar refractivity (Wildman–Crippen MR) is 159 cm³/mol. The van der Waals surface area contributed by atoms with Crippen molar-refractivity contribution in [3.05, 3.63) is 74.2 Å². The van der Waals surface area contributed by atoms with Gasteiger partial charge < -0.3 is 20.1 Å². The number of fused-ring (bicyclic) bond motifs is 9. The lowest BCUT2D eigenvalue weighted by Gasteiger charge is -2.43. The number of amides is 3. The number of ether oxygens (including phenoxy) is 1. The summed E-state index contributed by atoms with van der Waals surface area (Å²) in [6.45, 7) is 1.66. The number of likely N-dealkylation sites (tertiary alicyclic amines) is 1. The number of imide groups is 1. The van der Waals surface area contributed by atoms with Gasteiger partial charge in [-0.3, -0.25) is 28.9 Å². The van der Waals surface area contributed by atoms with Crippen LogP contribution in [-0.4, -0.2) is 57.1 Å².